The molecule has 7 heteroatoms. The molecule has 0 bridgehead atoms. The topological polar surface area (TPSA) is 76.9 Å². The van der Waals surface area contributed by atoms with E-state index in [-0.39, 0.29) is 18.2 Å². The highest BCUT2D eigenvalue weighted by Gasteiger charge is 2.14. The van der Waals surface area contributed by atoms with Crippen molar-refractivity contribution in [1.29, 1.82) is 5.41 Å². The lowest BCUT2D eigenvalue weighted by molar-refractivity contribution is 0.279. The first-order chi connectivity index (χ1) is 9.93. The summed E-state index contributed by atoms with van der Waals surface area (Å²) in [5, 5.41) is 11.6. The summed E-state index contributed by atoms with van der Waals surface area (Å²) in [6, 6.07) is 4.21. The summed E-state index contributed by atoms with van der Waals surface area (Å²) in [6.07, 6.45) is 0.802. The van der Waals surface area contributed by atoms with Gasteiger partial charge in [-0.3, -0.25) is 10.1 Å². The van der Waals surface area contributed by atoms with Gasteiger partial charge in [0.1, 0.15) is 12.4 Å². The molecular formula is C14H16BrFN4O. The third kappa shape index (κ3) is 3.24. The van der Waals surface area contributed by atoms with E-state index in [0.717, 1.165) is 22.3 Å². The Morgan fingerprint density at radius 2 is 2.24 bits per heavy atom. The zero-order valence-electron chi connectivity index (χ0n) is 11.8. The molecule has 0 saturated heterocycles. The summed E-state index contributed by atoms with van der Waals surface area (Å²) in [4.78, 5) is 0. The number of nitrogens with zero attached hydrogens (tertiary/aromatic N) is 2. The normalized spacial score (nSPS) is 10.7. The van der Waals surface area contributed by atoms with Gasteiger partial charge in [-0.1, -0.05) is 6.92 Å². The number of hydrogen-bond donors (Lipinski definition) is 2. The van der Waals surface area contributed by atoms with Crippen molar-refractivity contribution in [2.24, 2.45) is 12.8 Å². The fourth-order valence-corrected chi connectivity index (χ4v) is 2.64. The smallest absolute Gasteiger partial charge is 0.165 e. The summed E-state index contributed by atoms with van der Waals surface area (Å²) < 4.78 is 22.0. The van der Waals surface area contributed by atoms with Crippen molar-refractivity contribution in [2.75, 3.05) is 0 Å². The minimum atomic E-state index is -0.545. The van der Waals surface area contributed by atoms with E-state index >= 15 is 0 Å². The van der Waals surface area contributed by atoms with E-state index in [4.69, 9.17) is 15.9 Å². The van der Waals surface area contributed by atoms with Gasteiger partial charge in [0.2, 0.25) is 0 Å². The Kier molecular flexibility index (Phi) is 4.62. The van der Waals surface area contributed by atoms with Crippen LogP contribution in [0.3, 0.4) is 0 Å². The molecule has 2 rings (SSSR count). The van der Waals surface area contributed by atoms with Crippen LogP contribution in [0.15, 0.2) is 22.7 Å². The maximum Gasteiger partial charge on any atom is 0.165 e. The maximum atomic E-state index is 13.9. The Bertz CT molecular complexity index is 684. The van der Waals surface area contributed by atoms with Gasteiger partial charge in [0, 0.05) is 12.6 Å². The van der Waals surface area contributed by atoms with Crippen LogP contribution in [0.5, 0.6) is 5.75 Å². The molecule has 0 atom stereocenters. The Morgan fingerprint density at radius 1 is 1.52 bits per heavy atom. The summed E-state index contributed by atoms with van der Waals surface area (Å²) >= 11 is 3.48. The minimum Gasteiger partial charge on any atom is -0.484 e. The molecule has 5 nitrogen and oxygen atoms in total. The maximum absolute atomic E-state index is 13.9. The zero-order valence-corrected chi connectivity index (χ0v) is 13.4. The van der Waals surface area contributed by atoms with Gasteiger partial charge in [0.15, 0.2) is 11.6 Å². The van der Waals surface area contributed by atoms with Gasteiger partial charge >= 0.3 is 0 Å². The van der Waals surface area contributed by atoms with Crippen LogP contribution in [0.2, 0.25) is 0 Å². The number of benzene rings is 1. The Hall–Kier alpha value is -1.89. The van der Waals surface area contributed by atoms with Crippen molar-refractivity contribution in [3.05, 3.63) is 45.4 Å². The van der Waals surface area contributed by atoms with Crippen LogP contribution in [0, 0.1) is 11.2 Å². The molecular weight excluding hydrogens is 339 g/mol. The molecule has 1 aromatic heterocycles. The highest BCUT2D eigenvalue weighted by Crippen LogP contribution is 2.24. The van der Waals surface area contributed by atoms with Crippen LogP contribution < -0.4 is 10.5 Å². The van der Waals surface area contributed by atoms with Gasteiger partial charge in [-0.15, -0.1) is 0 Å². The summed E-state index contributed by atoms with van der Waals surface area (Å²) in [7, 11) is 1.82. The van der Waals surface area contributed by atoms with Crippen LogP contribution in [0.1, 0.15) is 23.9 Å². The second-order valence-electron chi connectivity index (χ2n) is 4.53. The predicted octanol–water partition coefficient (Wildman–Crippen LogP) is 2.75. The number of halogens is 2. The van der Waals surface area contributed by atoms with E-state index in [2.05, 4.69) is 21.0 Å². The van der Waals surface area contributed by atoms with E-state index in [1.54, 1.807) is 10.7 Å². The van der Waals surface area contributed by atoms with Crippen molar-refractivity contribution in [3.63, 3.8) is 0 Å². The average Bonchev–Trinajstić information content (AvgIpc) is 2.72. The van der Waals surface area contributed by atoms with Crippen molar-refractivity contribution < 1.29 is 9.13 Å². The number of aryl methyl sites for hydroxylation is 2. The largest absolute Gasteiger partial charge is 0.484 e. The third-order valence-electron chi connectivity index (χ3n) is 3.11. The van der Waals surface area contributed by atoms with E-state index < -0.39 is 5.82 Å². The van der Waals surface area contributed by atoms with E-state index in [1.807, 2.05) is 14.0 Å². The number of rotatable bonds is 5. The molecule has 0 amide bonds. The van der Waals surface area contributed by atoms with Crippen molar-refractivity contribution in [1.82, 2.24) is 9.78 Å². The van der Waals surface area contributed by atoms with Crippen molar-refractivity contribution in [3.8, 4) is 5.75 Å². The number of hydrogen-bond acceptors (Lipinski definition) is 3. The quantitative estimate of drug-likeness (QED) is 0.640. The fraction of sp³-hybridized carbons (Fsp3) is 0.286. The summed E-state index contributed by atoms with van der Waals surface area (Å²) in [6.45, 7) is 2.21. The number of nitrogens with two attached hydrogens (primary N) is 1. The third-order valence-corrected chi connectivity index (χ3v) is 4.03. The molecule has 2 aromatic rings. The molecule has 0 unspecified atom stereocenters. The second-order valence-corrected chi connectivity index (χ2v) is 5.33. The molecule has 3 N–H and O–H groups in total. The van der Waals surface area contributed by atoms with Gasteiger partial charge in [0.25, 0.3) is 0 Å². The highest BCUT2D eigenvalue weighted by atomic mass is 79.9. The highest BCUT2D eigenvalue weighted by molar-refractivity contribution is 9.10. The van der Waals surface area contributed by atoms with Crippen LogP contribution in [-0.4, -0.2) is 15.6 Å². The first-order valence-corrected chi connectivity index (χ1v) is 7.20. The lowest BCUT2D eigenvalue weighted by Crippen LogP contribution is -2.11. The molecule has 21 heavy (non-hydrogen) atoms. The van der Waals surface area contributed by atoms with Gasteiger partial charge in [-0.2, -0.15) is 5.10 Å². The Morgan fingerprint density at radius 3 is 2.76 bits per heavy atom. The molecule has 0 aliphatic carbocycles. The molecule has 0 aliphatic heterocycles. The molecule has 112 valence electrons. The zero-order chi connectivity index (χ0) is 15.6. The standard InChI is InChI=1S/C14H16BrFN4O/c1-3-10-13(15)11(20(2)19-10)7-21-12-5-4-8(14(17)18)6-9(12)16/h4-6H,3,7H2,1-2H3,(H3,17,18). The fourth-order valence-electron chi connectivity index (χ4n) is 1.91. The number of aromatic nitrogens is 2. The number of nitrogens with one attached hydrogen (secondary N) is 1. The second kappa shape index (κ2) is 6.26. The van der Waals surface area contributed by atoms with Gasteiger partial charge in [-0.25, -0.2) is 4.39 Å². The first-order valence-electron chi connectivity index (χ1n) is 6.41. The van der Waals surface area contributed by atoms with E-state index in [9.17, 15) is 4.39 Å². The molecule has 0 saturated carbocycles. The van der Waals surface area contributed by atoms with Crippen molar-refractivity contribution >= 4 is 21.8 Å². The van der Waals surface area contributed by atoms with E-state index in [0.29, 0.717) is 5.56 Å². The van der Waals surface area contributed by atoms with Crippen LogP contribution in [-0.2, 0) is 20.1 Å². The average molecular weight is 355 g/mol. The Labute approximate surface area is 130 Å². The van der Waals surface area contributed by atoms with Crippen LogP contribution in [0.4, 0.5) is 4.39 Å². The monoisotopic (exact) mass is 354 g/mol. The van der Waals surface area contributed by atoms with Gasteiger partial charge in [0.05, 0.1) is 15.9 Å². The molecule has 1 aromatic carbocycles. The minimum absolute atomic E-state index is 0.117. The van der Waals surface area contributed by atoms with Crippen molar-refractivity contribution in [2.45, 2.75) is 20.0 Å². The Balaban J connectivity index is 2.17. The van der Waals surface area contributed by atoms with Crippen LogP contribution in [0.25, 0.3) is 0 Å². The van der Waals surface area contributed by atoms with Gasteiger partial charge in [-0.05, 0) is 40.5 Å². The summed E-state index contributed by atoms with van der Waals surface area (Å²) in [5.74, 6) is -0.606. The molecule has 0 spiro atoms. The number of nitrogen functional groups attached to an aromatic ring is 1. The van der Waals surface area contributed by atoms with Crippen LogP contribution >= 0.6 is 15.9 Å². The SMILES string of the molecule is CCc1nn(C)c(COc2ccc(C(=N)N)cc2F)c1Br. The lowest BCUT2D eigenvalue weighted by atomic mass is 10.2. The predicted molar refractivity (Wildman–Crippen MR) is 82.0 cm³/mol. The molecule has 0 aliphatic rings. The number of ether oxygens (including phenoxy) is 1. The molecule has 0 radical (unpaired) electrons. The molecule has 1 heterocycles. The van der Waals surface area contributed by atoms with E-state index in [1.165, 1.54) is 12.1 Å². The number of amidine groups is 1. The molecule has 0 fully saturated rings. The van der Waals surface area contributed by atoms with Gasteiger partial charge < -0.3 is 10.5 Å². The summed E-state index contributed by atoms with van der Waals surface area (Å²) in [5.41, 5.74) is 7.41. The first kappa shape index (κ1) is 15.5. The lowest BCUT2D eigenvalue weighted by Gasteiger charge is -2.09.